The maximum Gasteiger partial charge on any atom is 0.261 e. The monoisotopic (exact) mass is 449 g/mol. The van der Waals surface area contributed by atoms with Crippen LogP contribution in [0.2, 0.25) is 0 Å². The van der Waals surface area contributed by atoms with E-state index in [-0.39, 0.29) is 28.5 Å². The highest BCUT2D eigenvalue weighted by atomic mass is 32.2. The minimum Gasteiger partial charge on any atom is -0.349 e. The summed E-state index contributed by atoms with van der Waals surface area (Å²) in [5.74, 6) is -0.901. The van der Waals surface area contributed by atoms with E-state index >= 15 is 0 Å². The average Bonchev–Trinajstić information content (AvgIpc) is 2.79. The molecule has 0 heterocycles. The van der Waals surface area contributed by atoms with Crippen LogP contribution in [0, 0.1) is 6.92 Å². The molecule has 0 spiro atoms. The van der Waals surface area contributed by atoms with Crippen LogP contribution in [0.4, 0.5) is 11.4 Å². The first kappa shape index (κ1) is 22.8. The Morgan fingerprint density at radius 1 is 0.906 bits per heavy atom. The van der Waals surface area contributed by atoms with E-state index in [9.17, 15) is 18.0 Å². The normalized spacial score (nSPS) is 10.8. The van der Waals surface area contributed by atoms with Gasteiger partial charge in [-0.25, -0.2) is 8.42 Å². The third kappa shape index (κ3) is 5.41. The molecule has 0 saturated carbocycles. The molecule has 3 rings (SSSR count). The number of hydrogen-bond acceptors (Lipinski definition) is 4. The van der Waals surface area contributed by atoms with Gasteiger partial charge in [-0.05, 0) is 48.9 Å². The molecule has 8 heteroatoms. The Bertz CT molecular complexity index is 1270. The number of rotatable bonds is 8. The molecule has 3 aromatic rings. The second-order valence-electron chi connectivity index (χ2n) is 6.95. The quantitative estimate of drug-likeness (QED) is 0.453. The summed E-state index contributed by atoms with van der Waals surface area (Å²) in [6, 6.07) is 19.3. The van der Waals surface area contributed by atoms with Crippen molar-refractivity contribution in [2.45, 2.75) is 11.8 Å². The molecule has 0 bridgehead atoms. The number of carbonyl (C=O) groups excluding carboxylic acids is 2. The van der Waals surface area contributed by atoms with Gasteiger partial charge >= 0.3 is 0 Å². The Hall–Kier alpha value is -3.91. The van der Waals surface area contributed by atoms with Gasteiger partial charge in [-0.2, -0.15) is 0 Å². The molecule has 0 aliphatic carbocycles. The SMILES string of the molecule is C=CCNC(=O)c1ccccc1NC(=O)c1cccc(S(=O)(=O)Nc2ccccc2C)c1. The lowest BCUT2D eigenvalue weighted by Gasteiger charge is -2.13. The first-order chi connectivity index (χ1) is 15.3. The lowest BCUT2D eigenvalue weighted by atomic mass is 10.1. The van der Waals surface area contributed by atoms with Crippen molar-refractivity contribution in [1.82, 2.24) is 5.32 Å². The van der Waals surface area contributed by atoms with E-state index in [0.717, 1.165) is 5.56 Å². The number of carbonyl (C=O) groups is 2. The van der Waals surface area contributed by atoms with Gasteiger partial charge in [0.15, 0.2) is 0 Å². The number of hydrogen-bond donors (Lipinski definition) is 3. The summed E-state index contributed by atoms with van der Waals surface area (Å²) in [6.45, 7) is 5.64. The van der Waals surface area contributed by atoms with Gasteiger partial charge in [0, 0.05) is 12.1 Å². The molecule has 164 valence electrons. The van der Waals surface area contributed by atoms with Gasteiger partial charge in [-0.1, -0.05) is 42.5 Å². The Morgan fingerprint density at radius 3 is 2.31 bits per heavy atom. The predicted molar refractivity (Wildman–Crippen MR) is 125 cm³/mol. The molecule has 0 radical (unpaired) electrons. The number of amides is 2. The average molecular weight is 450 g/mol. The van der Waals surface area contributed by atoms with Crippen molar-refractivity contribution in [3.63, 3.8) is 0 Å². The highest BCUT2D eigenvalue weighted by Gasteiger charge is 2.18. The van der Waals surface area contributed by atoms with Crippen LogP contribution in [0.3, 0.4) is 0 Å². The second-order valence-corrected chi connectivity index (χ2v) is 8.63. The molecule has 7 nitrogen and oxygen atoms in total. The highest BCUT2D eigenvalue weighted by Crippen LogP contribution is 2.21. The molecule has 0 aliphatic rings. The highest BCUT2D eigenvalue weighted by molar-refractivity contribution is 7.92. The number of para-hydroxylation sites is 2. The summed E-state index contributed by atoms with van der Waals surface area (Å²) in [5, 5.41) is 5.34. The van der Waals surface area contributed by atoms with E-state index in [1.807, 2.05) is 6.07 Å². The van der Waals surface area contributed by atoms with E-state index < -0.39 is 15.9 Å². The number of benzene rings is 3. The van der Waals surface area contributed by atoms with Crippen molar-refractivity contribution in [2.75, 3.05) is 16.6 Å². The smallest absolute Gasteiger partial charge is 0.261 e. The molecular formula is C24H23N3O4S. The molecule has 0 unspecified atom stereocenters. The first-order valence-electron chi connectivity index (χ1n) is 9.80. The van der Waals surface area contributed by atoms with Crippen molar-refractivity contribution in [3.8, 4) is 0 Å². The van der Waals surface area contributed by atoms with E-state index in [1.165, 1.54) is 24.3 Å². The van der Waals surface area contributed by atoms with Gasteiger partial charge in [0.05, 0.1) is 21.8 Å². The number of nitrogens with one attached hydrogen (secondary N) is 3. The zero-order valence-electron chi connectivity index (χ0n) is 17.5. The van der Waals surface area contributed by atoms with E-state index in [0.29, 0.717) is 11.4 Å². The Morgan fingerprint density at radius 2 is 1.59 bits per heavy atom. The van der Waals surface area contributed by atoms with Crippen LogP contribution in [0.5, 0.6) is 0 Å². The Kier molecular flexibility index (Phi) is 7.07. The van der Waals surface area contributed by atoms with Crippen LogP contribution >= 0.6 is 0 Å². The van der Waals surface area contributed by atoms with Crippen molar-refractivity contribution in [1.29, 1.82) is 0 Å². The largest absolute Gasteiger partial charge is 0.349 e. The van der Waals surface area contributed by atoms with Crippen LogP contribution in [-0.2, 0) is 10.0 Å². The van der Waals surface area contributed by atoms with Gasteiger partial charge in [-0.15, -0.1) is 6.58 Å². The molecule has 3 N–H and O–H groups in total. The van der Waals surface area contributed by atoms with E-state index in [1.54, 1.807) is 55.5 Å². The minimum absolute atomic E-state index is 0.0505. The Labute approximate surface area is 187 Å². The van der Waals surface area contributed by atoms with Crippen molar-refractivity contribution < 1.29 is 18.0 Å². The van der Waals surface area contributed by atoms with Crippen LogP contribution in [-0.4, -0.2) is 26.8 Å². The van der Waals surface area contributed by atoms with Crippen LogP contribution in [0.25, 0.3) is 0 Å². The molecule has 0 atom stereocenters. The van der Waals surface area contributed by atoms with Crippen LogP contribution in [0.15, 0.2) is 90.3 Å². The molecule has 3 aromatic carbocycles. The Balaban J connectivity index is 1.83. The zero-order valence-corrected chi connectivity index (χ0v) is 18.3. The molecule has 0 aromatic heterocycles. The summed E-state index contributed by atoms with van der Waals surface area (Å²) in [6.07, 6.45) is 1.55. The second kappa shape index (κ2) is 9.93. The maximum atomic E-state index is 12.8. The third-order valence-electron chi connectivity index (χ3n) is 4.62. The van der Waals surface area contributed by atoms with Crippen LogP contribution in [0.1, 0.15) is 26.3 Å². The lowest BCUT2D eigenvalue weighted by Crippen LogP contribution is -2.25. The van der Waals surface area contributed by atoms with Gasteiger partial charge < -0.3 is 10.6 Å². The third-order valence-corrected chi connectivity index (χ3v) is 5.99. The standard InChI is InChI=1S/C24H23N3O4S/c1-3-15-25-24(29)20-12-5-7-14-22(20)26-23(28)18-10-8-11-19(16-18)32(30,31)27-21-13-6-4-9-17(21)2/h3-14,16,27H,1,15H2,2H3,(H,25,29)(H,26,28). The summed E-state index contributed by atoms with van der Waals surface area (Å²) in [5.41, 5.74) is 1.97. The molecule has 0 saturated heterocycles. The zero-order chi connectivity index (χ0) is 23.1. The maximum absolute atomic E-state index is 12.8. The van der Waals surface area contributed by atoms with Gasteiger partial charge in [0.1, 0.15) is 0 Å². The molecule has 0 fully saturated rings. The fourth-order valence-electron chi connectivity index (χ4n) is 2.94. The summed E-state index contributed by atoms with van der Waals surface area (Å²) in [4.78, 5) is 25.1. The molecule has 32 heavy (non-hydrogen) atoms. The minimum atomic E-state index is -3.90. The predicted octanol–water partition coefficient (Wildman–Crippen LogP) is 3.96. The summed E-state index contributed by atoms with van der Waals surface area (Å²) in [7, 11) is -3.90. The topological polar surface area (TPSA) is 104 Å². The van der Waals surface area contributed by atoms with Crippen molar-refractivity contribution in [3.05, 3.63) is 102 Å². The van der Waals surface area contributed by atoms with Gasteiger partial charge in [-0.3, -0.25) is 14.3 Å². The van der Waals surface area contributed by atoms with Gasteiger partial charge in [0.2, 0.25) is 0 Å². The molecule has 2 amide bonds. The van der Waals surface area contributed by atoms with E-state index in [4.69, 9.17) is 0 Å². The summed E-state index contributed by atoms with van der Waals surface area (Å²) >= 11 is 0. The van der Waals surface area contributed by atoms with Crippen LogP contribution < -0.4 is 15.4 Å². The summed E-state index contributed by atoms with van der Waals surface area (Å²) < 4.78 is 28.2. The van der Waals surface area contributed by atoms with Gasteiger partial charge in [0.25, 0.3) is 21.8 Å². The lowest BCUT2D eigenvalue weighted by molar-refractivity contribution is 0.0959. The molecule has 0 aliphatic heterocycles. The fourth-order valence-corrected chi connectivity index (χ4v) is 4.12. The van der Waals surface area contributed by atoms with Crippen molar-refractivity contribution >= 4 is 33.2 Å². The first-order valence-corrected chi connectivity index (χ1v) is 11.3. The fraction of sp³-hybridized carbons (Fsp3) is 0.0833. The number of anilines is 2. The number of sulfonamides is 1. The van der Waals surface area contributed by atoms with E-state index in [2.05, 4.69) is 21.9 Å². The van der Waals surface area contributed by atoms with Crippen molar-refractivity contribution in [2.24, 2.45) is 0 Å². The number of aryl methyl sites for hydroxylation is 1. The molecular weight excluding hydrogens is 426 g/mol.